The summed E-state index contributed by atoms with van der Waals surface area (Å²) in [7, 11) is 0. The molecule has 13 nitrogen and oxygen atoms in total. The molecular formula is C26H24F6N6O7. The highest BCUT2D eigenvalue weighted by molar-refractivity contribution is 6.41. The van der Waals surface area contributed by atoms with E-state index in [0.29, 0.717) is 11.3 Å². The van der Waals surface area contributed by atoms with Crippen molar-refractivity contribution in [3.05, 3.63) is 71.9 Å². The van der Waals surface area contributed by atoms with E-state index in [4.69, 9.17) is 11.5 Å². The number of hydrogen-bond donors (Lipinski definition) is 5. The van der Waals surface area contributed by atoms with Crippen molar-refractivity contribution in [2.45, 2.75) is 24.8 Å². The fourth-order valence-electron chi connectivity index (χ4n) is 3.34. The number of nitrogens with zero attached hydrogens (tertiary/aromatic N) is 2. The summed E-state index contributed by atoms with van der Waals surface area (Å²) in [5.41, 5.74) is 12.6. The van der Waals surface area contributed by atoms with Gasteiger partial charge in [-0.15, -0.1) is 0 Å². The van der Waals surface area contributed by atoms with Gasteiger partial charge in [0.05, 0.1) is 30.2 Å². The number of halogens is 6. The molecule has 0 saturated carbocycles. The Bertz CT molecular complexity index is 1570. The van der Waals surface area contributed by atoms with Crippen LogP contribution in [0.1, 0.15) is 28.4 Å². The second kappa shape index (κ2) is 15.8. The summed E-state index contributed by atoms with van der Waals surface area (Å²) in [6, 6.07) is 14.6. The zero-order valence-electron chi connectivity index (χ0n) is 22.6. The first-order valence-electron chi connectivity index (χ1n) is 11.9. The number of guanidine groups is 1. The van der Waals surface area contributed by atoms with Crippen molar-refractivity contribution >= 4 is 51.9 Å². The van der Waals surface area contributed by atoms with Crippen LogP contribution in [0.3, 0.4) is 0 Å². The highest BCUT2D eigenvalue weighted by Crippen LogP contribution is 2.24. The van der Waals surface area contributed by atoms with Crippen LogP contribution < -0.4 is 22.1 Å². The number of para-hydroxylation sites is 1. The molecule has 242 valence electrons. The van der Waals surface area contributed by atoms with Crippen LogP contribution in [0.2, 0.25) is 0 Å². The van der Waals surface area contributed by atoms with Gasteiger partial charge in [0.25, 0.3) is 5.91 Å². The fourth-order valence-corrected chi connectivity index (χ4v) is 3.34. The molecule has 3 aromatic rings. The lowest BCUT2D eigenvalue weighted by atomic mass is 10.0. The Morgan fingerprint density at radius 3 is 2.04 bits per heavy atom. The minimum absolute atomic E-state index is 0. The first-order valence-corrected chi connectivity index (χ1v) is 11.9. The van der Waals surface area contributed by atoms with Crippen LogP contribution in [0.15, 0.2) is 65.8 Å². The third-order valence-electron chi connectivity index (χ3n) is 5.23. The van der Waals surface area contributed by atoms with Crippen LogP contribution in [0.5, 0.6) is 0 Å². The predicted molar refractivity (Wildman–Crippen MR) is 145 cm³/mol. The molecule has 1 heterocycles. The topological polar surface area (TPSA) is 238 Å². The number of amides is 2. The molecule has 0 saturated heterocycles. The zero-order chi connectivity index (χ0) is 33.2. The zero-order valence-corrected chi connectivity index (χ0v) is 22.6. The molecule has 2 aromatic carbocycles. The van der Waals surface area contributed by atoms with E-state index in [0.717, 1.165) is 10.9 Å². The first kappa shape index (κ1) is 37.4. The lowest BCUT2D eigenvalue weighted by Gasteiger charge is -2.18. The van der Waals surface area contributed by atoms with Crippen LogP contribution in [-0.2, 0) is 19.2 Å². The van der Waals surface area contributed by atoms with Crippen LogP contribution in [-0.4, -0.2) is 69.8 Å². The normalized spacial score (nSPS) is 11.5. The lowest BCUT2D eigenvalue weighted by Crippen LogP contribution is -2.39. The smallest absolute Gasteiger partial charge is 0.458 e. The van der Waals surface area contributed by atoms with Crippen molar-refractivity contribution in [2.75, 3.05) is 6.54 Å². The van der Waals surface area contributed by atoms with Crippen LogP contribution in [0.25, 0.3) is 10.9 Å². The molecule has 0 aliphatic rings. The molecule has 1 unspecified atom stereocenters. The Morgan fingerprint density at radius 2 is 1.49 bits per heavy atom. The van der Waals surface area contributed by atoms with Crippen LogP contribution >= 0.6 is 0 Å². The summed E-state index contributed by atoms with van der Waals surface area (Å²) in [4.78, 5) is 63.5. The molecule has 0 bridgehead atoms. The molecule has 0 radical (unpaired) electrons. The highest BCUT2D eigenvalue weighted by Gasteiger charge is 2.54. The standard InChI is InChI=1S/C22H22N6O4.C4F6O2.H2O/c23-22(24)27-16-6-3-5-14(9-16)21(32)26-12-19(29)28-18(10-20(30)31)15-8-13-4-1-2-7-17(13)25-11-15;5-3(6,7)1(11)2(12)4(8,9)10;/h1-9,11,18H,10,12H2,(H,26,32)(H,28,29)(H,30,31)(H4,23,24,27);;1H2. The number of hydrogen-bond acceptors (Lipinski definition) is 7. The van der Waals surface area contributed by atoms with Gasteiger partial charge < -0.3 is 32.7 Å². The predicted octanol–water partition coefficient (Wildman–Crippen LogP) is 1.63. The molecule has 0 fully saturated rings. The van der Waals surface area contributed by atoms with Crippen molar-refractivity contribution in [1.29, 1.82) is 0 Å². The van der Waals surface area contributed by atoms with Crippen molar-refractivity contribution in [3.63, 3.8) is 0 Å². The summed E-state index contributed by atoms with van der Waals surface area (Å²) in [6.45, 7) is -0.345. The number of carbonyl (C=O) groups is 5. The monoisotopic (exact) mass is 646 g/mol. The number of ketones is 2. The number of Topliss-reactive ketones (excluding diaryl/α,β-unsaturated/α-hetero) is 2. The lowest BCUT2D eigenvalue weighted by molar-refractivity contribution is -0.193. The van der Waals surface area contributed by atoms with Crippen molar-refractivity contribution in [3.8, 4) is 0 Å². The van der Waals surface area contributed by atoms with Crippen molar-refractivity contribution in [1.82, 2.24) is 15.6 Å². The molecule has 45 heavy (non-hydrogen) atoms. The Kier molecular flexibility index (Phi) is 13.1. The van der Waals surface area contributed by atoms with Gasteiger partial charge in [0, 0.05) is 17.1 Å². The second-order valence-corrected chi connectivity index (χ2v) is 8.60. The average Bonchev–Trinajstić information content (AvgIpc) is 2.93. The van der Waals surface area contributed by atoms with Crippen LogP contribution in [0.4, 0.5) is 32.0 Å². The molecule has 0 aliphatic carbocycles. The molecule has 1 atom stereocenters. The summed E-state index contributed by atoms with van der Waals surface area (Å²) < 4.78 is 67.0. The number of benzene rings is 2. The average molecular weight is 647 g/mol. The number of carboxylic acid groups (broad SMARTS) is 1. The number of pyridine rings is 1. The number of rotatable bonds is 9. The first-order chi connectivity index (χ1) is 20.4. The summed E-state index contributed by atoms with van der Waals surface area (Å²) >= 11 is 0. The number of aliphatic carboxylic acids is 1. The quantitative estimate of drug-likeness (QED) is 0.0981. The molecule has 19 heteroatoms. The molecule has 2 amide bonds. The van der Waals surface area contributed by atoms with Crippen molar-refractivity contribution < 1.29 is 60.9 Å². The van der Waals surface area contributed by atoms with Gasteiger partial charge in [-0.25, -0.2) is 4.99 Å². The molecule has 9 N–H and O–H groups in total. The summed E-state index contributed by atoms with van der Waals surface area (Å²) in [5, 5.41) is 15.2. The molecule has 0 aliphatic heterocycles. The Balaban J connectivity index is 0.000000663. The van der Waals surface area contributed by atoms with Gasteiger partial charge in [0.2, 0.25) is 5.91 Å². The van der Waals surface area contributed by atoms with E-state index in [9.17, 15) is 55.4 Å². The van der Waals surface area contributed by atoms with Gasteiger partial charge in [-0.2, -0.15) is 26.3 Å². The van der Waals surface area contributed by atoms with Crippen molar-refractivity contribution in [2.24, 2.45) is 16.5 Å². The van der Waals surface area contributed by atoms with E-state index in [1.807, 2.05) is 24.3 Å². The third-order valence-corrected chi connectivity index (χ3v) is 5.23. The Labute approximate surface area is 248 Å². The van der Waals surface area contributed by atoms with Gasteiger partial charge >= 0.3 is 29.9 Å². The number of aromatic nitrogens is 1. The second-order valence-electron chi connectivity index (χ2n) is 8.60. The molecule has 3 rings (SSSR count). The minimum Gasteiger partial charge on any atom is -0.481 e. The fraction of sp³-hybridized carbons (Fsp3) is 0.192. The number of fused-ring (bicyclic) bond motifs is 1. The van der Waals surface area contributed by atoms with E-state index in [1.165, 1.54) is 12.3 Å². The third kappa shape index (κ3) is 11.9. The van der Waals surface area contributed by atoms with E-state index >= 15 is 0 Å². The maximum Gasteiger partial charge on any atom is 0.458 e. The van der Waals surface area contributed by atoms with E-state index < -0.39 is 47.7 Å². The Hall–Kier alpha value is -5.59. The van der Waals surface area contributed by atoms with Gasteiger partial charge in [0.1, 0.15) is 0 Å². The number of alkyl halides is 6. The number of nitrogens with two attached hydrogens (primary N) is 2. The molecular weight excluding hydrogens is 622 g/mol. The van der Waals surface area contributed by atoms with E-state index in [2.05, 4.69) is 20.6 Å². The maximum atomic E-state index is 12.4. The molecule has 0 spiro atoms. The van der Waals surface area contributed by atoms with Crippen LogP contribution in [0, 0.1) is 0 Å². The highest BCUT2D eigenvalue weighted by atomic mass is 19.4. The largest absolute Gasteiger partial charge is 0.481 e. The van der Waals surface area contributed by atoms with Gasteiger partial charge in [-0.3, -0.25) is 29.0 Å². The SMILES string of the molecule is NC(N)=Nc1cccc(C(=O)NCC(=O)NC(CC(=O)O)c2cnc3ccccc3c2)c1.O.O=C(C(=O)C(F)(F)F)C(F)(F)F. The van der Waals surface area contributed by atoms with Gasteiger partial charge in [-0.05, 0) is 35.9 Å². The van der Waals surface area contributed by atoms with Gasteiger partial charge in [0.15, 0.2) is 5.96 Å². The minimum atomic E-state index is -5.77. The van der Waals surface area contributed by atoms with E-state index in [1.54, 1.807) is 24.3 Å². The van der Waals surface area contributed by atoms with Gasteiger partial charge in [-0.1, -0.05) is 24.3 Å². The van der Waals surface area contributed by atoms with E-state index in [-0.39, 0.29) is 30.0 Å². The number of nitrogens with one attached hydrogen (secondary N) is 2. The Morgan fingerprint density at radius 1 is 0.889 bits per heavy atom. The summed E-state index contributed by atoms with van der Waals surface area (Å²) in [6.07, 6.45) is -10.3. The maximum absolute atomic E-state index is 12.4. The summed E-state index contributed by atoms with van der Waals surface area (Å²) in [5.74, 6) is -9.09. The number of aliphatic imine (C=N–C) groups is 1. The number of carboxylic acids is 1. The number of carbonyl (C=O) groups excluding carboxylic acids is 4. The molecule has 1 aromatic heterocycles.